The Bertz CT molecular complexity index is 550. The van der Waals surface area contributed by atoms with E-state index in [1.165, 1.54) is 0 Å². The quantitative estimate of drug-likeness (QED) is 0.755. The third-order valence-corrected chi connectivity index (χ3v) is 2.55. The predicted octanol–water partition coefficient (Wildman–Crippen LogP) is 3.30. The molecule has 0 spiro atoms. The van der Waals surface area contributed by atoms with Crippen molar-refractivity contribution >= 4 is 6.29 Å². The van der Waals surface area contributed by atoms with Crippen LogP contribution in [0.3, 0.4) is 0 Å². The zero-order chi connectivity index (χ0) is 12.3. The van der Waals surface area contributed by atoms with Crippen molar-refractivity contribution in [3.05, 3.63) is 53.3 Å². The van der Waals surface area contributed by atoms with Gasteiger partial charge < -0.3 is 4.74 Å². The molecule has 2 aromatic rings. The number of ether oxygens (including phenoxy) is 1. The molecule has 0 aliphatic rings. The molecule has 1 heterocycles. The van der Waals surface area contributed by atoms with Crippen molar-refractivity contribution < 1.29 is 9.53 Å². The maximum absolute atomic E-state index is 10.7. The lowest BCUT2D eigenvalue weighted by molar-refractivity contribution is 0.112. The first-order chi connectivity index (χ1) is 8.20. The van der Waals surface area contributed by atoms with Gasteiger partial charge in [0.15, 0.2) is 0 Å². The smallest absolute Gasteiger partial charge is 0.150 e. The molecule has 0 fully saturated rings. The number of aromatic nitrogens is 1. The molecule has 17 heavy (non-hydrogen) atoms. The number of pyridine rings is 1. The first-order valence-electron chi connectivity index (χ1n) is 5.36. The third kappa shape index (κ3) is 2.50. The first kappa shape index (κ1) is 11.3. The normalized spacial score (nSPS) is 10.0. The highest BCUT2D eigenvalue weighted by Crippen LogP contribution is 2.24. The number of benzene rings is 1. The molecule has 0 bridgehead atoms. The predicted molar refractivity (Wildman–Crippen MR) is 65.6 cm³/mol. The van der Waals surface area contributed by atoms with E-state index < -0.39 is 0 Å². The number of aryl methyl sites for hydroxylation is 2. The standard InChI is InChI=1S/C14H13NO2/c1-10-8-13(6-5-12(10)9-16)17-14-4-3-7-15-11(14)2/h3-9H,1-2H3. The molecule has 2 rings (SSSR count). The second kappa shape index (κ2) is 4.78. The van der Waals surface area contributed by atoms with Gasteiger partial charge in [0, 0.05) is 11.8 Å². The molecule has 0 amide bonds. The Balaban J connectivity index is 2.28. The van der Waals surface area contributed by atoms with Crippen molar-refractivity contribution in [2.45, 2.75) is 13.8 Å². The summed E-state index contributed by atoms with van der Waals surface area (Å²) < 4.78 is 5.71. The maximum Gasteiger partial charge on any atom is 0.150 e. The van der Waals surface area contributed by atoms with Crippen LogP contribution in [-0.2, 0) is 0 Å². The Morgan fingerprint density at radius 1 is 1.24 bits per heavy atom. The fourth-order valence-electron chi connectivity index (χ4n) is 1.55. The van der Waals surface area contributed by atoms with Crippen molar-refractivity contribution in [2.75, 3.05) is 0 Å². The van der Waals surface area contributed by atoms with Gasteiger partial charge >= 0.3 is 0 Å². The number of aldehydes is 1. The fraction of sp³-hybridized carbons (Fsp3) is 0.143. The zero-order valence-corrected chi connectivity index (χ0v) is 9.81. The average molecular weight is 227 g/mol. The van der Waals surface area contributed by atoms with E-state index in [-0.39, 0.29) is 0 Å². The van der Waals surface area contributed by atoms with Crippen LogP contribution < -0.4 is 4.74 Å². The molecule has 0 aliphatic carbocycles. The van der Waals surface area contributed by atoms with Crippen LogP contribution in [0.4, 0.5) is 0 Å². The molecule has 3 heteroatoms. The van der Waals surface area contributed by atoms with Gasteiger partial charge in [-0.1, -0.05) is 0 Å². The second-order valence-electron chi connectivity index (χ2n) is 3.83. The topological polar surface area (TPSA) is 39.2 Å². The van der Waals surface area contributed by atoms with Crippen LogP contribution in [-0.4, -0.2) is 11.3 Å². The monoisotopic (exact) mass is 227 g/mol. The Kier molecular flexibility index (Phi) is 3.19. The minimum Gasteiger partial charge on any atom is -0.455 e. The van der Waals surface area contributed by atoms with Gasteiger partial charge in [-0.05, 0) is 49.7 Å². The molecule has 0 saturated carbocycles. The summed E-state index contributed by atoms with van der Waals surface area (Å²) in [4.78, 5) is 14.9. The van der Waals surface area contributed by atoms with Crippen molar-refractivity contribution in [3.8, 4) is 11.5 Å². The molecule has 0 saturated heterocycles. The Morgan fingerprint density at radius 3 is 2.71 bits per heavy atom. The summed E-state index contributed by atoms with van der Waals surface area (Å²) in [6, 6.07) is 9.07. The summed E-state index contributed by atoms with van der Waals surface area (Å²) >= 11 is 0. The molecule has 1 aromatic carbocycles. The molecular formula is C14H13NO2. The third-order valence-electron chi connectivity index (χ3n) is 2.55. The van der Waals surface area contributed by atoms with Crippen LogP contribution in [0.15, 0.2) is 36.5 Å². The molecular weight excluding hydrogens is 214 g/mol. The highest BCUT2D eigenvalue weighted by Gasteiger charge is 2.03. The van der Waals surface area contributed by atoms with E-state index in [9.17, 15) is 4.79 Å². The maximum atomic E-state index is 10.7. The highest BCUT2D eigenvalue weighted by atomic mass is 16.5. The van der Waals surface area contributed by atoms with Gasteiger partial charge in [0.1, 0.15) is 17.8 Å². The Labute approximate surface area is 100 Å². The van der Waals surface area contributed by atoms with Gasteiger partial charge in [0.25, 0.3) is 0 Å². The lowest BCUT2D eigenvalue weighted by Gasteiger charge is -2.08. The van der Waals surface area contributed by atoms with Crippen molar-refractivity contribution in [1.82, 2.24) is 4.98 Å². The minimum absolute atomic E-state index is 0.681. The largest absolute Gasteiger partial charge is 0.455 e. The minimum atomic E-state index is 0.681. The van der Waals surface area contributed by atoms with Gasteiger partial charge in [-0.25, -0.2) is 0 Å². The van der Waals surface area contributed by atoms with Crippen LogP contribution >= 0.6 is 0 Å². The van der Waals surface area contributed by atoms with E-state index >= 15 is 0 Å². The lowest BCUT2D eigenvalue weighted by atomic mass is 10.1. The first-order valence-corrected chi connectivity index (χ1v) is 5.36. The summed E-state index contributed by atoms with van der Waals surface area (Å²) in [6.07, 6.45) is 2.57. The molecule has 0 aliphatic heterocycles. The number of carbonyl (C=O) groups is 1. The van der Waals surface area contributed by atoms with Crippen molar-refractivity contribution in [3.63, 3.8) is 0 Å². The van der Waals surface area contributed by atoms with Crippen molar-refractivity contribution in [2.24, 2.45) is 0 Å². The number of rotatable bonds is 3. The molecule has 0 radical (unpaired) electrons. The summed E-state index contributed by atoms with van der Waals surface area (Å²) in [5, 5.41) is 0. The van der Waals surface area contributed by atoms with Gasteiger partial charge in [-0.3, -0.25) is 9.78 Å². The molecule has 0 atom stereocenters. The van der Waals surface area contributed by atoms with Gasteiger partial charge in [-0.2, -0.15) is 0 Å². The number of carbonyl (C=O) groups excluding carboxylic acids is 1. The van der Waals surface area contributed by atoms with Crippen LogP contribution in [0.2, 0.25) is 0 Å². The van der Waals surface area contributed by atoms with E-state index in [4.69, 9.17) is 4.74 Å². The number of hydrogen-bond acceptors (Lipinski definition) is 3. The van der Waals surface area contributed by atoms with Crippen molar-refractivity contribution in [1.29, 1.82) is 0 Å². The zero-order valence-electron chi connectivity index (χ0n) is 9.81. The van der Waals surface area contributed by atoms with Gasteiger partial charge in [0.05, 0.1) is 5.69 Å². The summed E-state index contributed by atoms with van der Waals surface area (Å²) in [5.41, 5.74) is 2.42. The van der Waals surface area contributed by atoms with Crippen LogP contribution in [0, 0.1) is 13.8 Å². The Hall–Kier alpha value is -2.16. The van der Waals surface area contributed by atoms with Gasteiger partial charge in [0.2, 0.25) is 0 Å². The second-order valence-corrected chi connectivity index (χ2v) is 3.83. The number of nitrogens with zero attached hydrogens (tertiary/aromatic N) is 1. The van der Waals surface area contributed by atoms with E-state index in [1.807, 2.05) is 32.0 Å². The van der Waals surface area contributed by atoms with Gasteiger partial charge in [-0.15, -0.1) is 0 Å². The van der Waals surface area contributed by atoms with Crippen LogP contribution in [0.1, 0.15) is 21.6 Å². The fourth-order valence-corrected chi connectivity index (χ4v) is 1.55. The van der Waals surface area contributed by atoms with E-state index in [0.717, 1.165) is 23.3 Å². The summed E-state index contributed by atoms with van der Waals surface area (Å²) in [5.74, 6) is 1.44. The highest BCUT2D eigenvalue weighted by molar-refractivity contribution is 5.77. The summed E-state index contributed by atoms with van der Waals surface area (Å²) in [6.45, 7) is 3.77. The SMILES string of the molecule is Cc1cc(Oc2cccnc2C)ccc1C=O. The molecule has 86 valence electrons. The van der Waals surface area contributed by atoms with E-state index in [2.05, 4.69) is 4.98 Å². The average Bonchev–Trinajstić information content (AvgIpc) is 2.32. The van der Waals surface area contributed by atoms with E-state index in [0.29, 0.717) is 11.3 Å². The van der Waals surface area contributed by atoms with E-state index in [1.54, 1.807) is 18.3 Å². The number of hydrogen-bond donors (Lipinski definition) is 0. The van der Waals surface area contributed by atoms with Crippen LogP contribution in [0.5, 0.6) is 11.5 Å². The molecule has 0 N–H and O–H groups in total. The molecule has 0 unspecified atom stereocenters. The Morgan fingerprint density at radius 2 is 2.06 bits per heavy atom. The lowest BCUT2D eigenvalue weighted by Crippen LogP contribution is -1.92. The summed E-state index contributed by atoms with van der Waals surface area (Å²) in [7, 11) is 0. The van der Waals surface area contributed by atoms with Crippen LogP contribution in [0.25, 0.3) is 0 Å². The molecule has 3 nitrogen and oxygen atoms in total. The molecule has 1 aromatic heterocycles.